The smallest absolute Gasteiger partial charge is 0.416 e. The van der Waals surface area contributed by atoms with E-state index in [4.69, 9.17) is 9.47 Å². The van der Waals surface area contributed by atoms with Gasteiger partial charge in [-0.2, -0.15) is 18.2 Å². The van der Waals surface area contributed by atoms with Gasteiger partial charge >= 0.3 is 12.2 Å². The van der Waals surface area contributed by atoms with Gasteiger partial charge in [0.2, 0.25) is 5.88 Å². The van der Waals surface area contributed by atoms with E-state index in [1.54, 1.807) is 4.90 Å². The first-order valence-corrected chi connectivity index (χ1v) is 10.9. The molecular formula is C20H21F3N6O3S. The highest BCUT2D eigenvalue weighted by Gasteiger charge is 2.30. The van der Waals surface area contributed by atoms with E-state index in [1.165, 1.54) is 36.9 Å². The Bertz CT molecular complexity index is 1130. The molecule has 13 heteroatoms. The third kappa shape index (κ3) is 5.60. The topological polar surface area (TPSA) is 102 Å². The van der Waals surface area contributed by atoms with Crippen LogP contribution in [0.2, 0.25) is 0 Å². The van der Waals surface area contributed by atoms with E-state index < -0.39 is 11.7 Å². The Labute approximate surface area is 190 Å². The quantitative estimate of drug-likeness (QED) is 0.498. The maximum atomic E-state index is 12.8. The average Bonchev–Trinajstić information content (AvgIpc) is 3.43. The third-order valence-corrected chi connectivity index (χ3v) is 5.89. The summed E-state index contributed by atoms with van der Waals surface area (Å²) in [6, 6.07) is 4.56. The van der Waals surface area contributed by atoms with Gasteiger partial charge in [0.15, 0.2) is 15.5 Å². The number of ether oxygens (including phenoxy) is 2. The molecule has 9 nitrogen and oxygen atoms in total. The molecule has 4 rings (SSSR count). The van der Waals surface area contributed by atoms with E-state index in [2.05, 4.69) is 25.6 Å². The summed E-state index contributed by atoms with van der Waals surface area (Å²) in [6.45, 7) is 1.70. The molecule has 0 radical (unpaired) electrons. The molecule has 3 heterocycles. The number of fused-ring (bicyclic) bond motifs is 1. The number of amides is 2. The van der Waals surface area contributed by atoms with E-state index in [9.17, 15) is 18.0 Å². The summed E-state index contributed by atoms with van der Waals surface area (Å²) < 4.78 is 48.9. The maximum absolute atomic E-state index is 12.8. The van der Waals surface area contributed by atoms with Crippen LogP contribution in [0.5, 0.6) is 11.6 Å². The highest BCUT2D eigenvalue weighted by Crippen LogP contribution is 2.31. The van der Waals surface area contributed by atoms with Crippen LogP contribution in [-0.2, 0) is 6.18 Å². The van der Waals surface area contributed by atoms with Crippen molar-refractivity contribution >= 4 is 32.8 Å². The van der Waals surface area contributed by atoms with Gasteiger partial charge in [0.25, 0.3) is 0 Å². The van der Waals surface area contributed by atoms with E-state index in [-0.39, 0.29) is 24.4 Å². The number of benzene rings is 1. The second-order valence-electron chi connectivity index (χ2n) is 7.25. The molecule has 2 aromatic heterocycles. The van der Waals surface area contributed by atoms with Crippen LogP contribution in [0, 0.1) is 0 Å². The lowest BCUT2D eigenvalue weighted by Gasteiger charge is -2.17. The van der Waals surface area contributed by atoms with E-state index in [0.29, 0.717) is 41.0 Å². The molecule has 2 N–H and O–H groups in total. The van der Waals surface area contributed by atoms with Crippen LogP contribution >= 0.6 is 11.3 Å². The molecule has 1 atom stereocenters. The molecule has 33 heavy (non-hydrogen) atoms. The molecule has 1 saturated heterocycles. The molecule has 1 aromatic carbocycles. The number of hydrogen-bond donors (Lipinski definition) is 2. The molecule has 2 amide bonds. The summed E-state index contributed by atoms with van der Waals surface area (Å²) in [5, 5.41) is 6.45. The van der Waals surface area contributed by atoms with Gasteiger partial charge in [-0.3, -0.25) is 5.32 Å². The normalized spacial score (nSPS) is 16.2. The number of halogens is 3. The summed E-state index contributed by atoms with van der Waals surface area (Å²) >= 11 is 1.23. The second-order valence-corrected chi connectivity index (χ2v) is 8.22. The number of nitrogens with one attached hydrogen (secondary N) is 2. The number of aromatic nitrogens is 3. The zero-order valence-corrected chi connectivity index (χ0v) is 18.4. The van der Waals surface area contributed by atoms with Crippen LogP contribution in [0.3, 0.4) is 0 Å². The molecular weight excluding hydrogens is 461 g/mol. The zero-order chi connectivity index (χ0) is 23.4. The molecule has 0 bridgehead atoms. The fourth-order valence-electron chi connectivity index (χ4n) is 3.41. The molecule has 0 unspecified atom stereocenters. The van der Waals surface area contributed by atoms with Crippen molar-refractivity contribution in [1.82, 2.24) is 25.2 Å². The number of rotatable bonds is 7. The van der Waals surface area contributed by atoms with Crippen molar-refractivity contribution in [3.05, 3.63) is 36.2 Å². The van der Waals surface area contributed by atoms with E-state index in [0.717, 1.165) is 18.6 Å². The lowest BCUT2D eigenvalue weighted by Crippen LogP contribution is -2.38. The minimum Gasteiger partial charge on any atom is -0.492 e. The Hall–Kier alpha value is -3.19. The number of nitrogens with zero attached hydrogens (tertiary/aromatic N) is 4. The summed E-state index contributed by atoms with van der Waals surface area (Å²) in [6.07, 6.45) is -2.29. The number of carbonyl (C=O) groups excluding carboxylic acids is 1. The average molecular weight is 482 g/mol. The van der Waals surface area contributed by atoms with Crippen LogP contribution < -0.4 is 20.1 Å². The fraction of sp³-hybridized carbons (Fsp3) is 0.400. The van der Waals surface area contributed by atoms with Crippen molar-refractivity contribution in [2.75, 3.05) is 38.7 Å². The number of urea groups is 1. The highest BCUT2D eigenvalue weighted by atomic mass is 32.1. The maximum Gasteiger partial charge on any atom is 0.416 e. The first-order valence-electron chi connectivity index (χ1n) is 10.1. The minimum absolute atomic E-state index is 0.0576. The van der Waals surface area contributed by atoms with Gasteiger partial charge in [-0.05, 0) is 24.6 Å². The number of carbonyl (C=O) groups is 1. The van der Waals surface area contributed by atoms with Crippen molar-refractivity contribution in [2.24, 2.45) is 0 Å². The van der Waals surface area contributed by atoms with Gasteiger partial charge in [0.1, 0.15) is 18.7 Å². The van der Waals surface area contributed by atoms with Crippen LogP contribution in [0.25, 0.3) is 10.3 Å². The standard InChI is InChI=1S/C20H21F3N6O3S/c1-31-16-15-17(26-11-25-16)33-18(27-15)28-19(30)29-7-5-13(10-29)24-6-8-32-14-4-2-3-12(9-14)20(21,22)23/h2-4,9,11,13,24H,5-8,10H2,1H3,(H,27,28,30)/t13-/m1/s1. The summed E-state index contributed by atoms with van der Waals surface area (Å²) in [5.41, 5.74) is -0.258. The Balaban J connectivity index is 1.22. The van der Waals surface area contributed by atoms with Gasteiger partial charge < -0.3 is 19.7 Å². The minimum atomic E-state index is -4.41. The van der Waals surface area contributed by atoms with Gasteiger partial charge in [0.05, 0.1) is 12.7 Å². The first kappa shape index (κ1) is 23.0. The number of hydrogen-bond acceptors (Lipinski definition) is 8. The van der Waals surface area contributed by atoms with Crippen molar-refractivity contribution in [3.8, 4) is 11.6 Å². The lowest BCUT2D eigenvalue weighted by atomic mass is 10.2. The monoisotopic (exact) mass is 482 g/mol. The molecule has 0 aliphatic carbocycles. The van der Waals surface area contributed by atoms with Crippen LogP contribution in [0.15, 0.2) is 30.6 Å². The van der Waals surface area contributed by atoms with Crippen molar-refractivity contribution in [2.45, 2.75) is 18.6 Å². The van der Waals surface area contributed by atoms with Crippen molar-refractivity contribution < 1.29 is 27.4 Å². The van der Waals surface area contributed by atoms with Crippen LogP contribution in [0.4, 0.5) is 23.1 Å². The Morgan fingerprint density at radius 2 is 2.18 bits per heavy atom. The van der Waals surface area contributed by atoms with Crippen molar-refractivity contribution in [1.29, 1.82) is 0 Å². The summed E-state index contributed by atoms with van der Waals surface area (Å²) in [7, 11) is 1.49. The van der Waals surface area contributed by atoms with E-state index in [1.807, 2.05) is 0 Å². The fourth-order valence-corrected chi connectivity index (χ4v) is 4.20. The molecule has 0 spiro atoms. The largest absolute Gasteiger partial charge is 0.492 e. The Morgan fingerprint density at radius 3 is 2.97 bits per heavy atom. The number of anilines is 1. The van der Waals surface area contributed by atoms with E-state index >= 15 is 0 Å². The molecule has 1 fully saturated rings. The lowest BCUT2D eigenvalue weighted by molar-refractivity contribution is -0.137. The summed E-state index contributed by atoms with van der Waals surface area (Å²) in [4.78, 5) is 27.3. The number of methoxy groups -OCH3 is 1. The molecule has 1 aliphatic rings. The van der Waals surface area contributed by atoms with Gasteiger partial charge in [0, 0.05) is 25.7 Å². The number of likely N-dealkylation sites (tertiary alicyclic amines) is 1. The first-order chi connectivity index (χ1) is 15.8. The molecule has 1 aliphatic heterocycles. The van der Waals surface area contributed by atoms with Gasteiger partial charge in [-0.15, -0.1) is 0 Å². The van der Waals surface area contributed by atoms with Crippen molar-refractivity contribution in [3.63, 3.8) is 0 Å². The van der Waals surface area contributed by atoms with Crippen LogP contribution in [0.1, 0.15) is 12.0 Å². The predicted molar refractivity (Wildman–Crippen MR) is 116 cm³/mol. The third-order valence-electron chi connectivity index (χ3n) is 5.01. The van der Waals surface area contributed by atoms with Gasteiger partial charge in [-0.25, -0.2) is 14.8 Å². The number of alkyl halides is 3. The molecule has 0 saturated carbocycles. The zero-order valence-electron chi connectivity index (χ0n) is 17.6. The van der Waals surface area contributed by atoms with Crippen LogP contribution in [-0.4, -0.2) is 65.3 Å². The Kier molecular flexibility index (Phi) is 6.79. The molecule has 3 aromatic rings. The SMILES string of the molecule is COc1ncnc2sc(NC(=O)N3CC[C@@H](NCCOc4cccc(C(F)(F)F)c4)C3)nc12. The Morgan fingerprint density at radius 1 is 1.33 bits per heavy atom. The molecule has 176 valence electrons. The second kappa shape index (κ2) is 9.75. The predicted octanol–water partition coefficient (Wildman–Crippen LogP) is 3.39. The number of thiazole rings is 1. The van der Waals surface area contributed by atoms with Gasteiger partial charge in [-0.1, -0.05) is 17.4 Å². The summed E-state index contributed by atoms with van der Waals surface area (Å²) in [5.74, 6) is 0.505. The highest BCUT2D eigenvalue weighted by molar-refractivity contribution is 7.22.